The maximum atomic E-state index is 4.37. The highest BCUT2D eigenvalue weighted by molar-refractivity contribution is 5.27. The molecule has 3 heteroatoms. The molecule has 1 aliphatic heterocycles. The summed E-state index contributed by atoms with van der Waals surface area (Å²) in [6.07, 6.45) is 2.24. The van der Waals surface area contributed by atoms with Crippen molar-refractivity contribution in [1.29, 1.82) is 0 Å². The van der Waals surface area contributed by atoms with Gasteiger partial charge in [-0.3, -0.25) is 5.10 Å². The summed E-state index contributed by atoms with van der Waals surface area (Å²) in [5, 5.41) is 10.8. The van der Waals surface area contributed by atoms with Crippen LogP contribution in [0.25, 0.3) is 0 Å². The molecular formula is C10H17N3. The van der Waals surface area contributed by atoms with Crippen molar-refractivity contribution in [1.82, 2.24) is 15.5 Å². The summed E-state index contributed by atoms with van der Waals surface area (Å²) in [5.41, 5.74) is 4.04. The number of aromatic amines is 1. The Hall–Kier alpha value is -0.830. The fourth-order valence-corrected chi connectivity index (χ4v) is 1.87. The van der Waals surface area contributed by atoms with E-state index in [-0.39, 0.29) is 0 Å². The third kappa shape index (κ3) is 1.75. The van der Waals surface area contributed by atoms with E-state index < -0.39 is 0 Å². The monoisotopic (exact) mass is 179 g/mol. The van der Waals surface area contributed by atoms with Gasteiger partial charge in [-0.25, -0.2) is 0 Å². The lowest BCUT2D eigenvalue weighted by atomic mass is 10.00. The van der Waals surface area contributed by atoms with Gasteiger partial charge in [0, 0.05) is 6.54 Å². The molecule has 0 saturated carbocycles. The average molecular weight is 179 g/mol. The number of nitrogens with one attached hydrogen (secondary N) is 2. The van der Waals surface area contributed by atoms with Gasteiger partial charge >= 0.3 is 0 Å². The molecule has 0 aliphatic carbocycles. The third-order valence-electron chi connectivity index (χ3n) is 2.49. The second-order valence-corrected chi connectivity index (χ2v) is 4.15. The number of aromatic nitrogens is 2. The molecule has 0 saturated heterocycles. The summed E-state index contributed by atoms with van der Waals surface area (Å²) >= 11 is 0. The number of hydrogen-bond donors (Lipinski definition) is 2. The van der Waals surface area contributed by atoms with Crippen molar-refractivity contribution in [3.05, 3.63) is 17.0 Å². The molecule has 0 bridgehead atoms. The van der Waals surface area contributed by atoms with Crippen LogP contribution in [0.15, 0.2) is 0 Å². The van der Waals surface area contributed by atoms with E-state index in [9.17, 15) is 0 Å². The molecule has 3 nitrogen and oxygen atoms in total. The Balaban J connectivity index is 2.21. The molecule has 2 N–H and O–H groups in total. The molecule has 72 valence electrons. The molecule has 1 aliphatic rings. The zero-order valence-corrected chi connectivity index (χ0v) is 8.35. The van der Waals surface area contributed by atoms with Gasteiger partial charge in [-0.15, -0.1) is 0 Å². The Morgan fingerprint density at radius 2 is 2.31 bits per heavy atom. The Labute approximate surface area is 78.9 Å². The first-order chi connectivity index (χ1) is 6.27. The number of fused-ring (bicyclic) bond motifs is 1. The Bertz CT molecular complexity index is 288. The summed E-state index contributed by atoms with van der Waals surface area (Å²) < 4.78 is 0. The minimum absolute atomic E-state index is 0.697. The molecular weight excluding hydrogens is 162 g/mol. The molecule has 0 atom stereocenters. The van der Waals surface area contributed by atoms with E-state index in [1.165, 1.54) is 17.0 Å². The van der Waals surface area contributed by atoms with Crippen LogP contribution < -0.4 is 5.32 Å². The average Bonchev–Trinajstić information content (AvgIpc) is 2.48. The summed E-state index contributed by atoms with van der Waals surface area (Å²) in [4.78, 5) is 0. The van der Waals surface area contributed by atoms with E-state index in [2.05, 4.69) is 29.4 Å². The van der Waals surface area contributed by atoms with E-state index in [1.807, 2.05) is 0 Å². The zero-order chi connectivity index (χ0) is 9.26. The molecule has 13 heavy (non-hydrogen) atoms. The van der Waals surface area contributed by atoms with Gasteiger partial charge in [0.1, 0.15) is 0 Å². The van der Waals surface area contributed by atoms with Crippen LogP contribution in [0, 0.1) is 5.92 Å². The van der Waals surface area contributed by atoms with Crippen molar-refractivity contribution in [3.63, 3.8) is 0 Å². The quantitative estimate of drug-likeness (QED) is 0.717. The van der Waals surface area contributed by atoms with Gasteiger partial charge < -0.3 is 5.32 Å². The number of rotatable bonds is 2. The predicted molar refractivity (Wildman–Crippen MR) is 52.5 cm³/mol. The van der Waals surface area contributed by atoms with Crippen molar-refractivity contribution >= 4 is 0 Å². The maximum absolute atomic E-state index is 4.37. The van der Waals surface area contributed by atoms with E-state index in [4.69, 9.17) is 0 Å². The first kappa shape index (κ1) is 8.75. The largest absolute Gasteiger partial charge is 0.311 e. The fraction of sp³-hybridized carbons (Fsp3) is 0.700. The molecule has 0 fully saturated rings. The molecule has 1 aromatic heterocycles. The first-order valence-electron chi connectivity index (χ1n) is 5.03. The lowest BCUT2D eigenvalue weighted by Crippen LogP contribution is -2.23. The smallest absolute Gasteiger partial charge is 0.0660 e. The second-order valence-electron chi connectivity index (χ2n) is 4.15. The molecule has 2 heterocycles. The molecule has 0 aromatic carbocycles. The highest BCUT2D eigenvalue weighted by Gasteiger charge is 2.16. The van der Waals surface area contributed by atoms with E-state index in [0.29, 0.717) is 5.92 Å². The van der Waals surface area contributed by atoms with Crippen LogP contribution in [-0.2, 0) is 19.4 Å². The second kappa shape index (κ2) is 3.50. The minimum atomic E-state index is 0.697. The van der Waals surface area contributed by atoms with Gasteiger partial charge in [0.25, 0.3) is 0 Å². The Morgan fingerprint density at radius 1 is 1.46 bits per heavy atom. The van der Waals surface area contributed by atoms with E-state index in [0.717, 1.165) is 25.9 Å². The van der Waals surface area contributed by atoms with E-state index in [1.54, 1.807) is 0 Å². The van der Waals surface area contributed by atoms with Gasteiger partial charge in [-0.2, -0.15) is 5.10 Å². The standard InChI is InChI=1S/C10H17N3/c1-7(2)5-9-8-3-4-11-6-10(8)13-12-9/h7,11H,3-6H2,1-2H3,(H,12,13). The summed E-state index contributed by atoms with van der Waals surface area (Å²) in [6, 6.07) is 0. The van der Waals surface area contributed by atoms with Crippen LogP contribution in [-0.4, -0.2) is 16.7 Å². The SMILES string of the molecule is CC(C)Cc1n[nH]c2c1CCNC2. The van der Waals surface area contributed by atoms with Crippen molar-refractivity contribution in [2.24, 2.45) is 5.92 Å². The van der Waals surface area contributed by atoms with Gasteiger partial charge in [0.15, 0.2) is 0 Å². The van der Waals surface area contributed by atoms with Gasteiger partial charge in [-0.1, -0.05) is 13.8 Å². The summed E-state index contributed by atoms with van der Waals surface area (Å²) in [5.74, 6) is 0.697. The Morgan fingerprint density at radius 3 is 3.08 bits per heavy atom. The van der Waals surface area contributed by atoms with Crippen molar-refractivity contribution in [3.8, 4) is 0 Å². The molecule has 2 rings (SSSR count). The highest BCUT2D eigenvalue weighted by Crippen LogP contribution is 2.17. The van der Waals surface area contributed by atoms with Gasteiger partial charge in [0.2, 0.25) is 0 Å². The molecule has 0 amide bonds. The Kier molecular flexibility index (Phi) is 2.36. The van der Waals surface area contributed by atoms with Crippen molar-refractivity contribution < 1.29 is 0 Å². The zero-order valence-electron chi connectivity index (χ0n) is 8.35. The molecule has 1 aromatic rings. The highest BCUT2D eigenvalue weighted by atomic mass is 15.1. The fourth-order valence-electron chi connectivity index (χ4n) is 1.87. The first-order valence-corrected chi connectivity index (χ1v) is 5.03. The number of hydrogen-bond acceptors (Lipinski definition) is 2. The van der Waals surface area contributed by atoms with Gasteiger partial charge in [-0.05, 0) is 30.9 Å². The number of H-pyrrole nitrogens is 1. The third-order valence-corrected chi connectivity index (χ3v) is 2.49. The van der Waals surface area contributed by atoms with E-state index >= 15 is 0 Å². The normalized spacial score (nSPS) is 16.2. The van der Waals surface area contributed by atoms with Crippen LogP contribution in [0.1, 0.15) is 30.8 Å². The van der Waals surface area contributed by atoms with Crippen molar-refractivity contribution in [2.45, 2.75) is 33.2 Å². The van der Waals surface area contributed by atoms with Crippen LogP contribution in [0.2, 0.25) is 0 Å². The maximum Gasteiger partial charge on any atom is 0.0660 e. The molecule has 0 unspecified atom stereocenters. The summed E-state index contributed by atoms with van der Waals surface area (Å²) in [7, 11) is 0. The predicted octanol–water partition coefficient (Wildman–Crippen LogP) is 1.25. The van der Waals surface area contributed by atoms with Crippen LogP contribution >= 0.6 is 0 Å². The topological polar surface area (TPSA) is 40.7 Å². The van der Waals surface area contributed by atoms with Crippen LogP contribution in [0.3, 0.4) is 0 Å². The van der Waals surface area contributed by atoms with Crippen molar-refractivity contribution in [2.75, 3.05) is 6.54 Å². The molecule has 0 spiro atoms. The lowest BCUT2D eigenvalue weighted by molar-refractivity contribution is 0.613. The van der Waals surface area contributed by atoms with Crippen LogP contribution in [0.5, 0.6) is 0 Å². The number of nitrogens with zero attached hydrogens (tertiary/aromatic N) is 1. The minimum Gasteiger partial charge on any atom is -0.311 e. The van der Waals surface area contributed by atoms with Gasteiger partial charge in [0.05, 0.1) is 11.4 Å². The summed E-state index contributed by atoms with van der Waals surface area (Å²) in [6.45, 7) is 6.53. The molecule has 0 radical (unpaired) electrons. The van der Waals surface area contributed by atoms with Crippen LogP contribution in [0.4, 0.5) is 0 Å². The lowest BCUT2D eigenvalue weighted by Gasteiger charge is -2.13.